The van der Waals surface area contributed by atoms with E-state index in [0.717, 1.165) is 43.2 Å². The van der Waals surface area contributed by atoms with Crippen LogP contribution in [0.25, 0.3) is 16.0 Å². The molecule has 5 rings (SSSR count). The van der Waals surface area contributed by atoms with Crippen LogP contribution in [0.3, 0.4) is 0 Å². The van der Waals surface area contributed by atoms with Crippen molar-refractivity contribution in [3.8, 4) is 0 Å². The van der Waals surface area contributed by atoms with Crippen LogP contribution in [0.5, 0.6) is 0 Å². The normalized spacial score (nSPS) is 21.6. The van der Waals surface area contributed by atoms with Gasteiger partial charge in [0, 0.05) is 31.1 Å². The zero-order valence-corrected chi connectivity index (χ0v) is 16.3. The second-order valence-electron chi connectivity index (χ2n) is 7.73. The van der Waals surface area contributed by atoms with Crippen molar-refractivity contribution in [2.24, 2.45) is 5.92 Å². The second kappa shape index (κ2) is 6.42. The van der Waals surface area contributed by atoms with Gasteiger partial charge in [-0.2, -0.15) is 9.50 Å². The van der Waals surface area contributed by atoms with Gasteiger partial charge in [0.2, 0.25) is 0 Å². The number of hydrogen-bond donors (Lipinski definition) is 0. The lowest BCUT2D eigenvalue weighted by Gasteiger charge is -2.32. The van der Waals surface area contributed by atoms with Crippen LogP contribution in [0.1, 0.15) is 43.6 Å². The number of anilines is 1. The second-order valence-corrected chi connectivity index (χ2v) is 8.81. The number of thiophene rings is 1. The van der Waals surface area contributed by atoms with E-state index in [0.29, 0.717) is 11.7 Å². The maximum atomic E-state index is 4.90. The van der Waals surface area contributed by atoms with Crippen LogP contribution in [0.2, 0.25) is 0 Å². The third-order valence-electron chi connectivity index (χ3n) is 5.69. The summed E-state index contributed by atoms with van der Waals surface area (Å²) in [6, 6.07) is 0. The SMILES string of the molecule is CCCN1CCc2c(sc3c2c(N2CCCC(C)C2)nc2nnnn23)C1. The Kier molecular flexibility index (Phi) is 4.04. The molecule has 3 aromatic rings. The Balaban J connectivity index is 1.68. The van der Waals surface area contributed by atoms with Crippen molar-refractivity contribution in [3.05, 3.63) is 10.4 Å². The van der Waals surface area contributed by atoms with Crippen molar-refractivity contribution in [2.75, 3.05) is 31.1 Å². The van der Waals surface area contributed by atoms with E-state index in [1.165, 1.54) is 41.6 Å². The first kappa shape index (κ1) is 16.4. The molecule has 0 aliphatic carbocycles. The highest BCUT2D eigenvalue weighted by atomic mass is 32.1. The molecule has 2 aliphatic rings. The zero-order chi connectivity index (χ0) is 17.7. The molecule has 0 spiro atoms. The fourth-order valence-corrected chi connectivity index (χ4v) is 5.80. The van der Waals surface area contributed by atoms with Crippen LogP contribution in [0.4, 0.5) is 5.82 Å². The molecule has 0 radical (unpaired) electrons. The first-order chi connectivity index (χ1) is 12.7. The summed E-state index contributed by atoms with van der Waals surface area (Å²) in [6.45, 7) is 10.1. The number of aromatic nitrogens is 5. The molecular formula is C18H25N7S. The molecule has 8 heteroatoms. The lowest BCUT2D eigenvalue weighted by molar-refractivity contribution is 0.258. The van der Waals surface area contributed by atoms with E-state index in [4.69, 9.17) is 4.98 Å². The maximum absolute atomic E-state index is 4.90. The Labute approximate surface area is 157 Å². The van der Waals surface area contributed by atoms with Gasteiger partial charge in [0.1, 0.15) is 10.6 Å². The summed E-state index contributed by atoms with van der Waals surface area (Å²) < 4.78 is 1.83. The van der Waals surface area contributed by atoms with E-state index in [9.17, 15) is 0 Å². The van der Waals surface area contributed by atoms with E-state index >= 15 is 0 Å². The van der Waals surface area contributed by atoms with Gasteiger partial charge in [-0.1, -0.05) is 18.9 Å². The number of piperidine rings is 1. The number of nitrogens with zero attached hydrogens (tertiary/aromatic N) is 7. The van der Waals surface area contributed by atoms with Gasteiger partial charge < -0.3 is 4.90 Å². The molecule has 2 aliphatic heterocycles. The van der Waals surface area contributed by atoms with Gasteiger partial charge in [-0.15, -0.1) is 11.3 Å². The third-order valence-corrected chi connectivity index (χ3v) is 6.88. The molecule has 0 saturated carbocycles. The van der Waals surface area contributed by atoms with Gasteiger partial charge in [0.25, 0.3) is 5.78 Å². The molecular weight excluding hydrogens is 346 g/mol. The molecule has 0 bridgehead atoms. The summed E-state index contributed by atoms with van der Waals surface area (Å²) in [5.74, 6) is 2.44. The molecule has 1 atom stereocenters. The Bertz CT molecular complexity index is 946. The van der Waals surface area contributed by atoms with Crippen molar-refractivity contribution in [3.63, 3.8) is 0 Å². The average molecular weight is 372 g/mol. The summed E-state index contributed by atoms with van der Waals surface area (Å²) in [5.41, 5.74) is 1.48. The number of rotatable bonds is 3. The minimum atomic E-state index is 0.620. The predicted molar refractivity (Wildman–Crippen MR) is 104 cm³/mol. The fraction of sp³-hybridized carbons (Fsp3) is 0.667. The van der Waals surface area contributed by atoms with Crippen LogP contribution in [0, 0.1) is 5.92 Å². The fourth-order valence-electron chi connectivity index (χ4n) is 4.47. The monoisotopic (exact) mass is 371 g/mol. The Hall–Kier alpha value is -1.80. The van der Waals surface area contributed by atoms with Crippen molar-refractivity contribution in [2.45, 2.75) is 46.1 Å². The van der Waals surface area contributed by atoms with Crippen molar-refractivity contribution in [1.82, 2.24) is 29.9 Å². The van der Waals surface area contributed by atoms with E-state index in [-0.39, 0.29) is 0 Å². The van der Waals surface area contributed by atoms with Crippen LogP contribution in [-0.4, -0.2) is 56.1 Å². The summed E-state index contributed by atoms with van der Waals surface area (Å²) in [5, 5.41) is 13.6. The minimum Gasteiger partial charge on any atom is -0.356 e. The molecule has 5 heterocycles. The molecule has 7 nitrogen and oxygen atoms in total. The average Bonchev–Trinajstić information content (AvgIpc) is 3.25. The van der Waals surface area contributed by atoms with E-state index in [2.05, 4.69) is 39.2 Å². The zero-order valence-electron chi connectivity index (χ0n) is 15.5. The van der Waals surface area contributed by atoms with Gasteiger partial charge in [-0.25, -0.2) is 0 Å². The van der Waals surface area contributed by atoms with E-state index < -0.39 is 0 Å². The lowest BCUT2D eigenvalue weighted by atomic mass is 9.99. The van der Waals surface area contributed by atoms with Crippen molar-refractivity contribution < 1.29 is 0 Å². The summed E-state index contributed by atoms with van der Waals surface area (Å²) in [6.07, 6.45) is 4.84. The molecule has 1 unspecified atom stereocenters. The first-order valence-electron chi connectivity index (χ1n) is 9.74. The molecule has 0 aromatic carbocycles. The highest BCUT2D eigenvalue weighted by Crippen LogP contribution is 2.40. The summed E-state index contributed by atoms with van der Waals surface area (Å²) in [7, 11) is 0. The smallest absolute Gasteiger partial charge is 0.276 e. The maximum Gasteiger partial charge on any atom is 0.276 e. The van der Waals surface area contributed by atoms with Gasteiger partial charge in [-0.3, -0.25) is 4.90 Å². The van der Waals surface area contributed by atoms with Crippen molar-refractivity contribution >= 4 is 33.1 Å². The Morgan fingerprint density at radius 1 is 1.27 bits per heavy atom. The van der Waals surface area contributed by atoms with Crippen LogP contribution in [-0.2, 0) is 13.0 Å². The topological polar surface area (TPSA) is 62.5 Å². The standard InChI is InChI=1S/C18H25N7S/c1-3-7-23-9-6-13-14(11-23)26-17-15(13)16(19-18-20-21-22-25(17)18)24-8-4-5-12(2)10-24/h12H,3-11H2,1-2H3. The highest BCUT2D eigenvalue weighted by molar-refractivity contribution is 7.19. The largest absolute Gasteiger partial charge is 0.356 e. The van der Waals surface area contributed by atoms with E-state index in [1.807, 2.05) is 15.9 Å². The predicted octanol–water partition coefficient (Wildman–Crippen LogP) is 2.74. The summed E-state index contributed by atoms with van der Waals surface area (Å²) >= 11 is 1.85. The number of tetrazole rings is 1. The lowest BCUT2D eigenvalue weighted by Crippen LogP contribution is -2.35. The van der Waals surface area contributed by atoms with Gasteiger partial charge in [0.05, 0.1) is 5.39 Å². The molecule has 1 saturated heterocycles. The quantitative estimate of drug-likeness (QED) is 0.705. The van der Waals surface area contributed by atoms with Gasteiger partial charge in [-0.05, 0) is 54.1 Å². The van der Waals surface area contributed by atoms with Crippen molar-refractivity contribution in [1.29, 1.82) is 0 Å². The highest BCUT2D eigenvalue weighted by Gasteiger charge is 2.28. The number of hydrogen-bond acceptors (Lipinski definition) is 7. The molecule has 3 aromatic heterocycles. The molecule has 1 fully saturated rings. The molecule has 0 N–H and O–H groups in total. The summed E-state index contributed by atoms with van der Waals surface area (Å²) in [4.78, 5) is 12.6. The van der Waals surface area contributed by atoms with Crippen LogP contribution in [0.15, 0.2) is 0 Å². The third kappa shape index (κ3) is 2.58. The van der Waals surface area contributed by atoms with Crippen LogP contribution >= 0.6 is 11.3 Å². The van der Waals surface area contributed by atoms with Gasteiger partial charge in [0.15, 0.2) is 0 Å². The minimum absolute atomic E-state index is 0.620. The van der Waals surface area contributed by atoms with E-state index in [1.54, 1.807) is 0 Å². The number of fused-ring (bicyclic) bond motifs is 5. The molecule has 138 valence electrons. The van der Waals surface area contributed by atoms with Crippen LogP contribution < -0.4 is 4.90 Å². The molecule has 0 amide bonds. The first-order valence-corrected chi connectivity index (χ1v) is 10.6. The molecule has 26 heavy (non-hydrogen) atoms. The van der Waals surface area contributed by atoms with Gasteiger partial charge >= 0.3 is 0 Å². The Morgan fingerprint density at radius 2 is 2.19 bits per heavy atom. The Morgan fingerprint density at radius 3 is 3.04 bits per heavy atom.